The van der Waals surface area contributed by atoms with Crippen molar-refractivity contribution >= 4 is 29.5 Å². The van der Waals surface area contributed by atoms with Gasteiger partial charge in [0.2, 0.25) is 0 Å². The van der Waals surface area contributed by atoms with E-state index in [0.717, 1.165) is 16.0 Å². The summed E-state index contributed by atoms with van der Waals surface area (Å²) in [5, 5.41) is 23.6. The van der Waals surface area contributed by atoms with E-state index in [9.17, 15) is 15.0 Å². The molecule has 1 unspecified atom stereocenters. The van der Waals surface area contributed by atoms with Crippen LogP contribution < -0.4 is 10.1 Å². The number of nitrogens with one attached hydrogen (secondary N) is 1. The number of carbonyl (C=O) groups is 1. The molecular formula is C29H34ClNO5S. The summed E-state index contributed by atoms with van der Waals surface area (Å²) in [5.74, 6) is 0.817. The number of halogens is 1. The number of hydrogen-bond acceptors (Lipinski definition) is 6. The highest BCUT2D eigenvalue weighted by atomic mass is 35.5. The quantitative estimate of drug-likeness (QED) is 0.255. The lowest BCUT2D eigenvalue weighted by Crippen LogP contribution is -2.50. The van der Waals surface area contributed by atoms with Crippen molar-refractivity contribution in [2.75, 3.05) is 6.61 Å². The number of alkyl carbamates (subject to hydrolysis) is 1. The molecule has 0 aliphatic rings. The van der Waals surface area contributed by atoms with Crippen molar-refractivity contribution in [3.63, 3.8) is 0 Å². The second-order valence-corrected chi connectivity index (χ2v) is 11.6. The Morgan fingerprint density at radius 3 is 2.41 bits per heavy atom. The summed E-state index contributed by atoms with van der Waals surface area (Å²) in [6.45, 7) is 7.33. The molecular weight excluding hydrogens is 510 g/mol. The number of ether oxygens (including phenoxy) is 2. The van der Waals surface area contributed by atoms with Gasteiger partial charge < -0.3 is 25.0 Å². The number of phenolic OH excluding ortho intramolecular Hbond substituents is 1. The molecule has 0 saturated heterocycles. The molecule has 1 atom stereocenters. The molecule has 0 fully saturated rings. The zero-order chi connectivity index (χ0) is 27.1. The Kier molecular flexibility index (Phi) is 9.76. The van der Waals surface area contributed by atoms with Crippen LogP contribution in [0.15, 0.2) is 76.5 Å². The van der Waals surface area contributed by atoms with Crippen molar-refractivity contribution < 1.29 is 24.5 Å². The lowest BCUT2D eigenvalue weighted by molar-refractivity contribution is 0.0407. The van der Waals surface area contributed by atoms with E-state index in [1.54, 1.807) is 45.9 Å². The largest absolute Gasteiger partial charge is 0.507 e. The van der Waals surface area contributed by atoms with E-state index >= 15 is 0 Å². The molecule has 0 bridgehead atoms. The first-order valence-electron chi connectivity index (χ1n) is 12.0. The number of aryl methyl sites for hydroxylation is 1. The van der Waals surface area contributed by atoms with Gasteiger partial charge in [0.15, 0.2) is 0 Å². The van der Waals surface area contributed by atoms with Gasteiger partial charge in [0.25, 0.3) is 0 Å². The van der Waals surface area contributed by atoms with Gasteiger partial charge in [0.1, 0.15) is 23.7 Å². The lowest BCUT2D eigenvalue weighted by Gasteiger charge is -2.30. The number of hydrogen-bond donors (Lipinski definition) is 3. The molecule has 3 aromatic carbocycles. The lowest BCUT2D eigenvalue weighted by atomic mass is 9.94. The van der Waals surface area contributed by atoms with Gasteiger partial charge in [0, 0.05) is 9.92 Å². The third-order valence-electron chi connectivity index (χ3n) is 5.53. The molecule has 37 heavy (non-hydrogen) atoms. The normalized spacial score (nSPS) is 13.0. The van der Waals surface area contributed by atoms with Crippen LogP contribution in [0.25, 0.3) is 0 Å². The number of aromatic hydroxyl groups is 1. The van der Waals surface area contributed by atoms with Gasteiger partial charge in [-0.2, -0.15) is 0 Å². The molecule has 0 radical (unpaired) electrons. The van der Waals surface area contributed by atoms with Crippen molar-refractivity contribution in [3.8, 4) is 11.5 Å². The van der Waals surface area contributed by atoms with Crippen molar-refractivity contribution in [1.82, 2.24) is 5.32 Å². The number of aliphatic hydroxyl groups is 1. The Morgan fingerprint density at radius 2 is 1.76 bits per heavy atom. The molecule has 0 aliphatic carbocycles. The van der Waals surface area contributed by atoms with Gasteiger partial charge in [-0.25, -0.2) is 4.79 Å². The maximum Gasteiger partial charge on any atom is 0.408 e. The van der Waals surface area contributed by atoms with E-state index in [1.807, 2.05) is 48.5 Å². The first-order valence-corrected chi connectivity index (χ1v) is 13.2. The summed E-state index contributed by atoms with van der Waals surface area (Å²) >= 11 is 7.96. The van der Waals surface area contributed by atoms with Gasteiger partial charge in [-0.05, 0) is 82.0 Å². The minimum Gasteiger partial charge on any atom is -0.507 e. The molecule has 1 amide bonds. The molecule has 0 heterocycles. The highest BCUT2D eigenvalue weighted by Gasteiger charge is 2.28. The van der Waals surface area contributed by atoms with Crippen molar-refractivity contribution in [1.29, 1.82) is 0 Å². The maximum absolute atomic E-state index is 12.2. The smallest absolute Gasteiger partial charge is 0.408 e. The highest BCUT2D eigenvalue weighted by Crippen LogP contribution is 2.38. The topological polar surface area (TPSA) is 88.0 Å². The molecule has 198 valence electrons. The molecule has 3 N–H and O–H groups in total. The second kappa shape index (κ2) is 12.6. The summed E-state index contributed by atoms with van der Waals surface area (Å²) in [6.07, 6.45) is 0.443. The first kappa shape index (κ1) is 28.7. The van der Waals surface area contributed by atoms with Crippen molar-refractivity contribution in [3.05, 3.63) is 82.9 Å². The first-order chi connectivity index (χ1) is 17.5. The Morgan fingerprint density at radius 1 is 1.03 bits per heavy atom. The van der Waals surface area contributed by atoms with Crippen LogP contribution in [0.5, 0.6) is 11.5 Å². The number of amides is 1. The SMILES string of the molecule is CC(CO)(CCc1ccc(Sc2cc(OCc3ccccc3)ccc2O)cc1Cl)NC(=O)OC(C)(C)C. The molecule has 6 nitrogen and oxygen atoms in total. The molecule has 0 spiro atoms. The van der Waals surface area contributed by atoms with Crippen molar-refractivity contribution in [2.24, 2.45) is 0 Å². The summed E-state index contributed by atoms with van der Waals surface area (Å²) in [7, 11) is 0. The number of carbonyl (C=O) groups excluding carboxylic acids is 1. The summed E-state index contributed by atoms with van der Waals surface area (Å²) in [4.78, 5) is 13.7. The van der Waals surface area contributed by atoms with E-state index in [4.69, 9.17) is 21.1 Å². The van der Waals surface area contributed by atoms with Gasteiger partial charge in [-0.3, -0.25) is 0 Å². The zero-order valence-electron chi connectivity index (χ0n) is 21.6. The van der Waals surface area contributed by atoms with Crippen LogP contribution >= 0.6 is 23.4 Å². The predicted molar refractivity (Wildman–Crippen MR) is 148 cm³/mol. The minimum absolute atomic E-state index is 0.157. The van der Waals surface area contributed by atoms with Crippen LogP contribution in [0.1, 0.15) is 45.2 Å². The van der Waals surface area contributed by atoms with Gasteiger partial charge >= 0.3 is 6.09 Å². The molecule has 3 rings (SSSR count). The Labute approximate surface area is 228 Å². The van der Waals surface area contributed by atoms with Crippen molar-refractivity contribution in [2.45, 2.75) is 68.1 Å². The zero-order valence-corrected chi connectivity index (χ0v) is 23.2. The number of aliphatic hydroxyl groups excluding tert-OH is 1. The van der Waals surface area contributed by atoms with E-state index in [2.05, 4.69) is 5.32 Å². The fourth-order valence-electron chi connectivity index (χ4n) is 3.47. The number of benzene rings is 3. The van der Waals surface area contributed by atoms with Gasteiger partial charge in [-0.1, -0.05) is 59.8 Å². The highest BCUT2D eigenvalue weighted by molar-refractivity contribution is 7.99. The maximum atomic E-state index is 12.2. The van der Waals surface area contributed by atoms with Gasteiger partial charge in [0.05, 0.1) is 17.0 Å². The summed E-state index contributed by atoms with van der Waals surface area (Å²) in [5.41, 5.74) is 0.469. The molecule has 0 saturated carbocycles. The number of rotatable bonds is 10. The molecule has 0 aromatic heterocycles. The van der Waals surface area contributed by atoms with Crippen LogP contribution in [-0.4, -0.2) is 34.1 Å². The minimum atomic E-state index is -0.856. The Hall–Kier alpha value is -2.87. The molecule has 0 aliphatic heterocycles. The summed E-state index contributed by atoms with van der Waals surface area (Å²) in [6, 6.07) is 20.7. The van der Waals surface area contributed by atoms with E-state index in [1.165, 1.54) is 11.8 Å². The predicted octanol–water partition coefficient (Wildman–Crippen LogP) is 6.98. The van der Waals surface area contributed by atoms with Crippen LogP contribution in [0.2, 0.25) is 5.02 Å². The monoisotopic (exact) mass is 543 g/mol. The molecule has 3 aromatic rings. The van der Waals surface area contributed by atoms with Crippen LogP contribution in [0.4, 0.5) is 4.79 Å². The van der Waals surface area contributed by atoms with Crippen LogP contribution in [0, 0.1) is 0 Å². The second-order valence-electron chi connectivity index (χ2n) is 10.1. The third kappa shape index (κ3) is 9.18. The van der Waals surface area contributed by atoms with Gasteiger partial charge in [-0.15, -0.1) is 0 Å². The average molecular weight is 544 g/mol. The van der Waals surface area contributed by atoms with Crippen LogP contribution in [-0.2, 0) is 17.8 Å². The third-order valence-corrected chi connectivity index (χ3v) is 6.92. The van der Waals surface area contributed by atoms with E-state index in [0.29, 0.717) is 35.1 Å². The Bertz CT molecular complexity index is 1200. The Balaban J connectivity index is 1.62. The van der Waals surface area contributed by atoms with E-state index < -0.39 is 17.2 Å². The van der Waals surface area contributed by atoms with Crippen LogP contribution in [0.3, 0.4) is 0 Å². The standard InChI is InChI=1S/C29H34ClNO5S/c1-28(2,3)36-27(34)31-29(4,19-32)15-14-21-10-12-23(17-24(21)30)37-26-16-22(11-13-25(26)33)35-18-20-8-6-5-7-9-20/h5-13,16-17,32-33H,14-15,18-19H2,1-4H3,(H,31,34). The molecule has 8 heteroatoms. The van der Waals surface area contributed by atoms with E-state index in [-0.39, 0.29) is 12.4 Å². The average Bonchev–Trinajstić information content (AvgIpc) is 2.83. The number of phenols is 1. The fraction of sp³-hybridized carbons (Fsp3) is 0.345. The summed E-state index contributed by atoms with van der Waals surface area (Å²) < 4.78 is 11.2. The fourth-order valence-corrected chi connectivity index (χ4v) is 4.72.